The van der Waals surface area contributed by atoms with Crippen LogP contribution in [0.5, 0.6) is 0 Å². The summed E-state index contributed by atoms with van der Waals surface area (Å²) >= 11 is 1.36. The monoisotopic (exact) mass is 287 g/mol. The highest BCUT2D eigenvalue weighted by Crippen LogP contribution is 2.34. The molecule has 0 radical (unpaired) electrons. The lowest BCUT2D eigenvalue weighted by atomic mass is 10.1. The molecule has 1 aromatic carbocycles. The van der Waals surface area contributed by atoms with Crippen molar-refractivity contribution < 1.29 is 18.3 Å². The number of alkyl halides is 3. The average Bonchev–Trinajstić information content (AvgIpc) is 2.89. The Balaban J connectivity index is 2.08. The summed E-state index contributed by atoms with van der Waals surface area (Å²) in [6.07, 6.45) is -5.22. The minimum absolute atomic E-state index is 0.0226. The number of aliphatic hydroxyl groups is 1. The highest BCUT2D eigenvalue weighted by molar-refractivity contribution is 7.10. The van der Waals surface area contributed by atoms with Crippen molar-refractivity contribution in [3.05, 3.63) is 52.2 Å². The van der Waals surface area contributed by atoms with Crippen molar-refractivity contribution in [1.82, 2.24) is 0 Å². The highest BCUT2D eigenvalue weighted by Gasteiger charge is 2.33. The van der Waals surface area contributed by atoms with Crippen molar-refractivity contribution in [1.29, 1.82) is 0 Å². The molecule has 0 amide bonds. The summed E-state index contributed by atoms with van der Waals surface area (Å²) in [6.45, 7) is 0.0353. The second kappa shape index (κ2) is 5.63. The summed E-state index contributed by atoms with van der Waals surface area (Å²) in [7, 11) is 0. The summed E-state index contributed by atoms with van der Waals surface area (Å²) in [6, 6.07) is 8.75. The van der Waals surface area contributed by atoms with Crippen LogP contribution in [0.3, 0.4) is 0 Å². The Hall–Kier alpha value is -1.53. The van der Waals surface area contributed by atoms with Gasteiger partial charge in [-0.3, -0.25) is 0 Å². The minimum atomic E-state index is -4.41. The maximum absolute atomic E-state index is 12.7. The summed E-state index contributed by atoms with van der Waals surface area (Å²) < 4.78 is 38.2. The maximum atomic E-state index is 12.7. The van der Waals surface area contributed by atoms with Crippen molar-refractivity contribution in [2.45, 2.75) is 12.3 Å². The third kappa shape index (κ3) is 3.48. The van der Waals surface area contributed by atoms with E-state index in [1.165, 1.54) is 29.5 Å². The number of thiophene rings is 1. The van der Waals surface area contributed by atoms with E-state index in [4.69, 9.17) is 0 Å². The molecule has 2 rings (SSSR count). The molecule has 2 nitrogen and oxygen atoms in total. The third-order valence-corrected chi connectivity index (χ3v) is 3.56. The van der Waals surface area contributed by atoms with Gasteiger partial charge in [0.2, 0.25) is 0 Å². The van der Waals surface area contributed by atoms with Crippen molar-refractivity contribution in [3.63, 3.8) is 0 Å². The van der Waals surface area contributed by atoms with Gasteiger partial charge in [-0.2, -0.15) is 13.2 Å². The van der Waals surface area contributed by atoms with E-state index in [9.17, 15) is 18.3 Å². The predicted octanol–water partition coefficient (Wildman–Crippen LogP) is 3.91. The van der Waals surface area contributed by atoms with Crippen LogP contribution < -0.4 is 5.32 Å². The van der Waals surface area contributed by atoms with Crippen LogP contribution in [-0.2, 0) is 6.18 Å². The van der Waals surface area contributed by atoms with Gasteiger partial charge in [-0.05, 0) is 23.6 Å². The lowest BCUT2D eigenvalue weighted by molar-refractivity contribution is -0.137. The molecular weight excluding hydrogens is 275 g/mol. The largest absolute Gasteiger partial charge is 0.418 e. The number of para-hydroxylation sites is 1. The number of benzene rings is 1. The van der Waals surface area contributed by atoms with Crippen LogP contribution in [-0.4, -0.2) is 11.7 Å². The van der Waals surface area contributed by atoms with Crippen LogP contribution in [0.2, 0.25) is 0 Å². The molecule has 0 saturated carbocycles. The van der Waals surface area contributed by atoms with E-state index < -0.39 is 17.8 Å². The smallest absolute Gasteiger partial charge is 0.386 e. The molecule has 0 aliphatic rings. The fourth-order valence-electron chi connectivity index (χ4n) is 1.67. The lowest BCUT2D eigenvalue weighted by Crippen LogP contribution is -2.15. The van der Waals surface area contributed by atoms with E-state index in [2.05, 4.69) is 5.32 Å². The molecule has 1 aromatic heterocycles. The zero-order valence-corrected chi connectivity index (χ0v) is 10.6. The maximum Gasteiger partial charge on any atom is 0.418 e. The van der Waals surface area contributed by atoms with E-state index in [0.29, 0.717) is 0 Å². The Morgan fingerprint density at radius 1 is 1.16 bits per heavy atom. The van der Waals surface area contributed by atoms with Gasteiger partial charge in [-0.1, -0.05) is 18.2 Å². The number of hydrogen-bond donors (Lipinski definition) is 2. The standard InChI is InChI=1S/C13H12F3NOS/c14-13(15,16)9-4-1-2-5-10(9)17-8-11(18)12-6-3-7-19-12/h1-7,11,17-18H,8H2. The average molecular weight is 287 g/mol. The van der Waals surface area contributed by atoms with Gasteiger partial charge in [0.25, 0.3) is 0 Å². The first-order valence-corrected chi connectivity index (χ1v) is 6.48. The molecule has 2 N–H and O–H groups in total. The summed E-state index contributed by atoms with van der Waals surface area (Å²) in [5.41, 5.74) is -0.751. The quantitative estimate of drug-likeness (QED) is 0.893. The van der Waals surface area contributed by atoms with Crippen molar-refractivity contribution in [3.8, 4) is 0 Å². The molecule has 0 aliphatic heterocycles. The summed E-state index contributed by atoms with van der Waals surface area (Å²) in [5, 5.41) is 14.3. The van der Waals surface area contributed by atoms with Gasteiger partial charge in [-0.25, -0.2) is 0 Å². The number of nitrogens with one attached hydrogen (secondary N) is 1. The predicted molar refractivity (Wildman–Crippen MR) is 69.2 cm³/mol. The topological polar surface area (TPSA) is 32.3 Å². The Labute approximate surface area is 112 Å². The third-order valence-electron chi connectivity index (χ3n) is 2.59. The molecule has 0 aliphatic carbocycles. The number of hydrogen-bond acceptors (Lipinski definition) is 3. The molecule has 6 heteroatoms. The van der Waals surface area contributed by atoms with Crippen LogP contribution >= 0.6 is 11.3 Å². The van der Waals surface area contributed by atoms with E-state index in [1.807, 2.05) is 5.38 Å². The Morgan fingerprint density at radius 3 is 2.53 bits per heavy atom. The first-order chi connectivity index (χ1) is 8.98. The molecule has 102 valence electrons. The van der Waals surface area contributed by atoms with Gasteiger partial charge in [0, 0.05) is 17.1 Å². The highest BCUT2D eigenvalue weighted by atomic mass is 32.1. The molecule has 0 spiro atoms. The zero-order chi connectivity index (χ0) is 13.9. The Bertz CT molecular complexity index is 525. The molecule has 19 heavy (non-hydrogen) atoms. The van der Waals surface area contributed by atoms with E-state index >= 15 is 0 Å². The van der Waals surface area contributed by atoms with Crippen LogP contribution in [0.25, 0.3) is 0 Å². The van der Waals surface area contributed by atoms with E-state index in [-0.39, 0.29) is 12.2 Å². The second-order valence-corrected chi connectivity index (χ2v) is 4.93. The minimum Gasteiger partial charge on any atom is -0.386 e. The molecule has 0 bridgehead atoms. The number of rotatable bonds is 4. The number of aliphatic hydroxyl groups excluding tert-OH is 1. The van der Waals surface area contributed by atoms with E-state index in [1.54, 1.807) is 12.1 Å². The van der Waals surface area contributed by atoms with Gasteiger partial charge >= 0.3 is 6.18 Å². The normalized spacial score (nSPS) is 13.3. The molecule has 0 fully saturated rings. The second-order valence-electron chi connectivity index (χ2n) is 3.96. The van der Waals surface area contributed by atoms with Gasteiger partial charge in [0.05, 0.1) is 5.56 Å². The number of halogens is 3. The van der Waals surface area contributed by atoms with Crippen LogP contribution in [0, 0.1) is 0 Å². The molecular formula is C13H12F3NOS. The Morgan fingerprint density at radius 2 is 1.89 bits per heavy atom. The SMILES string of the molecule is OC(CNc1ccccc1C(F)(F)F)c1cccs1. The van der Waals surface area contributed by atoms with Crippen molar-refractivity contribution >= 4 is 17.0 Å². The van der Waals surface area contributed by atoms with Crippen molar-refractivity contribution in [2.75, 3.05) is 11.9 Å². The zero-order valence-electron chi connectivity index (χ0n) is 9.82. The van der Waals surface area contributed by atoms with Crippen LogP contribution in [0.4, 0.5) is 18.9 Å². The molecule has 2 aromatic rings. The molecule has 1 atom stereocenters. The lowest BCUT2D eigenvalue weighted by Gasteiger charge is -2.16. The molecule has 0 saturated heterocycles. The Kier molecular flexibility index (Phi) is 4.11. The van der Waals surface area contributed by atoms with Gasteiger partial charge in [0.15, 0.2) is 0 Å². The molecule has 1 heterocycles. The fourth-order valence-corrected chi connectivity index (χ4v) is 2.38. The number of anilines is 1. The van der Waals surface area contributed by atoms with Gasteiger partial charge < -0.3 is 10.4 Å². The first-order valence-electron chi connectivity index (χ1n) is 5.60. The van der Waals surface area contributed by atoms with Crippen molar-refractivity contribution in [2.24, 2.45) is 0 Å². The summed E-state index contributed by atoms with van der Waals surface area (Å²) in [4.78, 5) is 0.719. The molecule has 1 unspecified atom stereocenters. The first kappa shape index (κ1) is 13.9. The fraction of sp³-hybridized carbons (Fsp3) is 0.231. The van der Waals surface area contributed by atoms with Crippen LogP contribution in [0.1, 0.15) is 16.5 Å². The van der Waals surface area contributed by atoms with Crippen LogP contribution in [0.15, 0.2) is 41.8 Å². The van der Waals surface area contributed by atoms with Gasteiger partial charge in [0.1, 0.15) is 6.10 Å². The van der Waals surface area contributed by atoms with Gasteiger partial charge in [-0.15, -0.1) is 11.3 Å². The summed E-state index contributed by atoms with van der Waals surface area (Å²) in [5.74, 6) is 0. The van der Waals surface area contributed by atoms with E-state index in [0.717, 1.165) is 10.9 Å².